The molecule has 2 fully saturated rings. The molecule has 24 heavy (non-hydrogen) atoms. The summed E-state index contributed by atoms with van der Waals surface area (Å²) in [5.74, 6) is 1.66. The van der Waals surface area contributed by atoms with Gasteiger partial charge in [-0.05, 0) is 62.0 Å². The molecule has 4 nitrogen and oxygen atoms in total. The van der Waals surface area contributed by atoms with E-state index in [2.05, 4.69) is 46.7 Å². The molecule has 4 heteroatoms. The van der Waals surface area contributed by atoms with E-state index < -0.39 is 0 Å². The number of piperidine rings is 1. The first-order chi connectivity index (χ1) is 11.6. The van der Waals surface area contributed by atoms with E-state index in [1.165, 1.54) is 37.1 Å². The molecule has 2 saturated heterocycles. The van der Waals surface area contributed by atoms with Crippen molar-refractivity contribution < 1.29 is 4.79 Å². The Hall–Kier alpha value is -1.39. The Morgan fingerprint density at radius 1 is 1.21 bits per heavy atom. The van der Waals surface area contributed by atoms with Gasteiger partial charge in [0.1, 0.15) is 0 Å². The first kappa shape index (κ1) is 17.4. The Bertz CT molecular complexity index is 530. The van der Waals surface area contributed by atoms with Crippen molar-refractivity contribution in [3.8, 4) is 0 Å². The van der Waals surface area contributed by atoms with E-state index in [-0.39, 0.29) is 11.8 Å². The highest BCUT2D eigenvalue weighted by Gasteiger charge is 2.28. The Kier molecular flexibility index (Phi) is 5.90. The number of rotatable bonds is 6. The van der Waals surface area contributed by atoms with Gasteiger partial charge in [-0.3, -0.25) is 9.69 Å². The third-order valence-electron chi connectivity index (χ3n) is 5.71. The summed E-state index contributed by atoms with van der Waals surface area (Å²) >= 11 is 0. The van der Waals surface area contributed by atoms with Crippen molar-refractivity contribution in [2.24, 2.45) is 17.8 Å². The largest absolute Gasteiger partial charge is 0.352 e. The number of benzene rings is 1. The molecule has 2 heterocycles. The monoisotopic (exact) mass is 329 g/mol. The molecule has 0 aromatic heterocycles. The van der Waals surface area contributed by atoms with Crippen LogP contribution in [0.3, 0.4) is 0 Å². The summed E-state index contributed by atoms with van der Waals surface area (Å²) in [7, 11) is 0. The van der Waals surface area contributed by atoms with E-state index in [0.29, 0.717) is 12.5 Å². The fraction of sp³-hybridized carbons (Fsp3) is 0.650. The van der Waals surface area contributed by atoms with Crippen LogP contribution in [-0.2, 0) is 17.9 Å². The van der Waals surface area contributed by atoms with Gasteiger partial charge in [-0.2, -0.15) is 0 Å². The number of hydrogen-bond donors (Lipinski definition) is 2. The third-order valence-corrected chi connectivity index (χ3v) is 5.71. The summed E-state index contributed by atoms with van der Waals surface area (Å²) in [6.07, 6.45) is 2.64. The zero-order chi connectivity index (χ0) is 16.9. The summed E-state index contributed by atoms with van der Waals surface area (Å²) in [5.41, 5.74) is 2.55. The van der Waals surface area contributed by atoms with Gasteiger partial charge >= 0.3 is 0 Å². The van der Waals surface area contributed by atoms with Crippen LogP contribution in [0, 0.1) is 17.8 Å². The molecule has 1 aromatic carbocycles. The van der Waals surface area contributed by atoms with Crippen molar-refractivity contribution in [2.75, 3.05) is 26.2 Å². The van der Waals surface area contributed by atoms with Gasteiger partial charge in [0, 0.05) is 19.0 Å². The Labute approximate surface area is 146 Å². The minimum Gasteiger partial charge on any atom is -0.352 e. The second-order valence-electron chi connectivity index (χ2n) is 7.70. The molecular formula is C20H31N3O. The van der Waals surface area contributed by atoms with Crippen LogP contribution in [0.1, 0.15) is 37.8 Å². The van der Waals surface area contributed by atoms with Crippen LogP contribution in [0.15, 0.2) is 24.3 Å². The minimum atomic E-state index is 0.104. The average molecular weight is 329 g/mol. The van der Waals surface area contributed by atoms with Gasteiger partial charge in [-0.15, -0.1) is 0 Å². The van der Waals surface area contributed by atoms with Crippen molar-refractivity contribution in [2.45, 2.75) is 39.8 Å². The topological polar surface area (TPSA) is 44.4 Å². The van der Waals surface area contributed by atoms with E-state index in [9.17, 15) is 4.79 Å². The van der Waals surface area contributed by atoms with Crippen LogP contribution in [-0.4, -0.2) is 37.0 Å². The van der Waals surface area contributed by atoms with Crippen LogP contribution >= 0.6 is 0 Å². The van der Waals surface area contributed by atoms with Crippen molar-refractivity contribution in [3.63, 3.8) is 0 Å². The molecule has 0 spiro atoms. The normalized spacial score (nSPS) is 21.2. The van der Waals surface area contributed by atoms with Crippen molar-refractivity contribution in [1.29, 1.82) is 0 Å². The van der Waals surface area contributed by atoms with Gasteiger partial charge in [0.15, 0.2) is 0 Å². The second kappa shape index (κ2) is 8.13. The first-order valence-corrected chi connectivity index (χ1v) is 9.40. The number of likely N-dealkylation sites (tertiary alicyclic amines) is 1. The van der Waals surface area contributed by atoms with Crippen LogP contribution in [0.25, 0.3) is 0 Å². The van der Waals surface area contributed by atoms with Crippen molar-refractivity contribution in [3.05, 3.63) is 35.4 Å². The van der Waals surface area contributed by atoms with Crippen LogP contribution in [0.2, 0.25) is 0 Å². The van der Waals surface area contributed by atoms with Crippen molar-refractivity contribution in [1.82, 2.24) is 15.5 Å². The maximum atomic E-state index is 12.2. The molecule has 0 bridgehead atoms. The number of carbonyl (C=O) groups is 1. The van der Waals surface area contributed by atoms with Gasteiger partial charge < -0.3 is 10.6 Å². The van der Waals surface area contributed by atoms with E-state index in [0.717, 1.165) is 25.6 Å². The maximum Gasteiger partial charge on any atom is 0.223 e. The molecule has 0 radical (unpaired) electrons. The molecule has 1 amide bonds. The molecule has 0 saturated carbocycles. The number of hydrogen-bond acceptors (Lipinski definition) is 3. The SMILES string of the molecule is CC1CCN(Cc2ccc(CNC(=O)C(C)C3CNC3)cc2)CC1. The molecular weight excluding hydrogens is 298 g/mol. The van der Waals surface area contributed by atoms with Crippen LogP contribution in [0.5, 0.6) is 0 Å². The quantitative estimate of drug-likeness (QED) is 0.842. The summed E-state index contributed by atoms with van der Waals surface area (Å²) in [4.78, 5) is 14.7. The summed E-state index contributed by atoms with van der Waals surface area (Å²) in [6.45, 7) is 10.4. The van der Waals surface area contributed by atoms with Crippen molar-refractivity contribution >= 4 is 5.91 Å². The predicted octanol–water partition coefficient (Wildman–Crippen LogP) is 2.39. The number of amides is 1. The second-order valence-corrected chi connectivity index (χ2v) is 7.70. The number of nitrogens with zero attached hydrogens (tertiary/aromatic N) is 1. The predicted molar refractivity (Wildman–Crippen MR) is 97.5 cm³/mol. The van der Waals surface area contributed by atoms with E-state index in [1.807, 2.05) is 6.92 Å². The molecule has 0 aliphatic carbocycles. The van der Waals surface area contributed by atoms with Gasteiger partial charge in [-0.1, -0.05) is 38.1 Å². The number of nitrogens with one attached hydrogen (secondary N) is 2. The fourth-order valence-electron chi connectivity index (χ4n) is 3.47. The fourth-order valence-corrected chi connectivity index (χ4v) is 3.47. The molecule has 132 valence electrons. The van der Waals surface area contributed by atoms with E-state index >= 15 is 0 Å². The lowest BCUT2D eigenvalue weighted by Crippen LogP contribution is -2.49. The molecule has 2 N–H and O–H groups in total. The van der Waals surface area contributed by atoms with Crippen LogP contribution in [0.4, 0.5) is 0 Å². The third kappa shape index (κ3) is 4.58. The molecule has 2 aliphatic rings. The van der Waals surface area contributed by atoms with Gasteiger partial charge in [0.25, 0.3) is 0 Å². The highest BCUT2D eigenvalue weighted by atomic mass is 16.1. The number of carbonyl (C=O) groups excluding carboxylic acids is 1. The smallest absolute Gasteiger partial charge is 0.223 e. The molecule has 2 aliphatic heterocycles. The molecule has 1 aromatic rings. The maximum absolute atomic E-state index is 12.2. The van der Waals surface area contributed by atoms with Gasteiger partial charge in [-0.25, -0.2) is 0 Å². The Balaban J connectivity index is 1.43. The Morgan fingerprint density at radius 2 is 1.83 bits per heavy atom. The standard InChI is InChI=1S/C20H31N3O/c1-15-7-9-23(10-8-15)14-18-5-3-17(4-6-18)11-22-20(24)16(2)19-12-21-13-19/h3-6,15-16,19,21H,7-14H2,1-2H3,(H,22,24). The van der Waals surface area contributed by atoms with Crippen LogP contribution < -0.4 is 10.6 Å². The Morgan fingerprint density at radius 3 is 2.42 bits per heavy atom. The summed E-state index contributed by atoms with van der Waals surface area (Å²) in [6, 6.07) is 8.72. The summed E-state index contributed by atoms with van der Waals surface area (Å²) < 4.78 is 0. The minimum absolute atomic E-state index is 0.104. The molecule has 3 rings (SSSR count). The zero-order valence-corrected chi connectivity index (χ0v) is 15.1. The highest BCUT2D eigenvalue weighted by molar-refractivity contribution is 5.78. The van der Waals surface area contributed by atoms with Gasteiger partial charge in [0.2, 0.25) is 5.91 Å². The van der Waals surface area contributed by atoms with E-state index in [4.69, 9.17) is 0 Å². The average Bonchev–Trinajstić information content (AvgIpc) is 2.54. The molecule has 1 atom stereocenters. The molecule has 1 unspecified atom stereocenters. The highest BCUT2D eigenvalue weighted by Crippen LogP contribution is 2.19. The van der Waals surface area contributed by atoms with E-state index in [1.54, 1.807) is 0 Å². The lowest BCUT2D eigenvalue weighted by Gasteiger charge is -2.31. The lowest BCUT2D eigenvalue weighted by molar-refractivity contribution is -0.126. The first-order valence-electron chi connectivity index (χ1n) is 9.40. The van der Waals surface area contributed by atoms with Gasteiger partial charge in [0.05, 0.1) is 0 Å². The zero-order valence-electron chi connectivity index (χ0n) is 15.1. The lowest BCUT2D eigenvalue weighted by atomic mass is 9.88. The summed E-state index contributed by atoms with van der Waals surface area (Å²) in [5, 5.41) is 6.31.